The maximum Gasteiger partial charge on any atom is 0.199 e. The molecule has 1 saturated carbocycles. The van der Waals surface area contributed by atoms with Crippen LogP contribution in [0.3, 0.4) is 0 Å². The average molecular weight is 406 g/mol. The Bertz CT molecular complexity index is 617. The largest absolute Gasteiger partial charge is 0.386 e. The normalized spacial score (nSPS) is 15.4. The number of hydrogen-bond donors (Lipinski definition) is 4. The van der Waals surface area contributed by atoms with Crippen LogP contribution in [-0.4, -0.2) is 65.6 Å². The van der Waals surface area contributed by atoms with E-state index in [-0.39, 0.29) is 0 Å². The van der Waals surface area contributed by atoms with E-state index in [1.165, 1.54) is 38.5 Å². The molecule has 0 aliphatic heterocycles. The Labute approximate surface area is 175 Å². The maximum absolute atomic E-state index is 5.59. The Kier molecular flexibility index (Phi) is 10.5. The third kappa shape index (κ3) is 9.76. The number of hydrogen-bond acceptors (Lipinski definition) is 6. The molecule has 1 aliphatic rings. The van der Waals surface area contributed by atoms with Crippen LogP contribution in [0.5, 0.6) is 0 Å². The molecular weight excluding hydrogens is 366 g/mol. The number of nitrogens with zero attached hydrogens (tertiary/aromatic N) is 5. The Morgan fingerprint density at radius 1 is 1.24 bits per heavy atom. The third-order valence-electron chi connectivity index (χ3n) is 4.98. The van der Waals surface area contributed by atoms with E-state index in [1.807, 2.05) is 29.9 Å². The molecule has 29 heavy (non-hydrogen) atoms. The van der Waals surface area contributed by atoms with Gasteiger partial charge in [-0.1, -0.05) is 31.1 Å². The highest BCUT2D eigenvalue weighted by atomic mass is 15.4. The quantitative estimate of drug-likeness (QED) is 0.233. The molecule has 0 atom stereocenters. The lowest BCUT2D eigenvalue weighted by molar-refractivity contribution is 0.371. The predicted molar refractivity (Wildman–Crippen MR) is 118 cm³/mol. The van der Waals surface area contributed by atoms with Crippen LogP contribution >= 0.6 is 0 Å². The first kappa shape index (κ1) is 23.2. The highest BCUT2D eigenvalue weighted by Crippen LogP contribution is 2.17. The van der Waals surface area contributed by atoms with Crippen LogP contribution in [0.25, 0.3) is 0 Å². The van der Waals surface area contributed by atoms with Crippen molar-refractivity contribution in [2.75, 3.05) is 33.7 Å². The smallest absolute Gasteiger partial charge is 0.199 e. The van der Waals surface area contributed by atoms with Crippen molar-refractivity contribution in [3.63, 3.8) is 0 Å². The predicted octanol–water partition coefficient (Wildman–Crippen LogP) is 1.01. The molecular formula is C20H39N9. The maximum atomic E-state index is 5.59. The van der Waals surface area contributed by atoms with Crippen LogP contribution in [-0.2, 0) is 13.1 Å². The van der Waals surface area contributed by atoms with Crippen molar-refractivity contribution in [3.8, 4) is 0 Å². The summed E-state index contributed by atoms with van der Waals surface area (Å²) in [5.74, 6) is 1.01. The molecule has 0 spiro atoms. The minimum absolute atomic E-state index is 0.360. The van der Waals surface area contributed by atoms with Gasteiger partial charge in [-0.2, -0.15) is 0 Å². The van der Waals surface area contributed by atoms with Crippen molar-refractivity contribution in [1.82, 2.24) is 35.8 Å². The zero-order valence-corrected chi connectivity index (χ0v) is 18.2. The van der Waals surface area contributed by atoms with Crippen LogP contribution in [0.4, 0.5) is 0 Å². The fraction of sp³-hybridized carbons (Fsp3) is 0.750. The molecule has 0 unspecified atom stereocenters. The standard InChI is InChI=1S/C20H39N9/c1-17(21)25-20(28(2)3)24-15-19-16-29(27-26-19)14-8-12-22-11-7-13-23-18-9-5-4-6-10-18/h16,18,22-23H,1,4-15,21H2,2-3H3,(H,24,25). The second kappa shape index (κ2) is 13.2. The minimum Gasteiger partial charge on any atom is -0.386 e. The monoisotopic (exact) mass is 405 g/mol. The van der Waals surface area contributed by atoms with E-state index in [2.05, 4.69) is 37.8 Å². The van der Waals surface area contributed by atoms with Crippen LogP contribution in [0.15, 0.2) is 23.6 Å². The van der Waals surface area contributed by atoms with Crippen molar-refractivity contribution in [1.29, 1.82) is 0 Å². The SMILES string of the molecule is C=C(N)NC(=NCc1cn(CCCNCCCNC2CCCCC2)nn1)N(C)C. The van der Waals surface area contributed by atoms with Gasteiger partial charge < -0.3 is 26.6 Å². The van der Waals surface area contributed by atoms with Gasteiger partial charge in [0.25, 0.3) is 0 Å². The van der Waals surface area contributed by atoms with Crippen LogP contribution in [0.2, 0.25) is 0 Å². The third-order valence-corrected chi connectivity index (χ3v) is 4.98. The summed E-state index contributed by atoms with van der Waals surface area (Å²) in [6, 6.07) is 0.758. The van der Waals surface area contributed by atoms with Gasteiger partial charge in [0.15, 0.2) is 5.96 Å². The molecule has 0 saturated heterocycles. The Morgan fingerprint density at radius 3 is 2.72 bits per heavy atom. The number of nitrogens with two attached hydrogens (primary N) is 1. The Morgan fingerprint density at radius 2 is 2.00 bits per heavy atom. The molecule has 1 fully saturated rings. The molecule has 0 radical (unpaired) electrons. The summed E-state index contributed by atoms with van der Waals surface area (Å²) in [5, 5.41) is 18.5. The second-order valence-electron chi connectivity index (χ2n) is 7.90. The van der Waals surface area contributed by atoms with Crippen LogP contribution < -0.4 is 21.7 Å². The van der Waals surface area contributed by atoms with Crippen molar-refractivity contribution in [2.24, 2.45) is 10.7 Å². The average Bonchev–Trinajstić information content (AvgIpc) is 3.15. The molecule has 0 bridgehead atoms. The van der Waals surface area contributed by atoms with Gasteiger partial charge in [-0.3, -0.25) is 4.68 Å². The number of aliphatic imine (C=N–C) groups is 1. The summed E-state index contributed by atoms with van der Waals surface area (Å²) in [5.41, 5.74) is 6.42. The highest BCUT2D eigenvalue weighted by molar-refractivity contribution is 5.80. The van der Waals surface area contributed by atoms with E-state index in [1.54, 1.807) is 0 Å². The van der Waals surface area contributed by atoms with Gasteiger partial charge in [-0.25, -0.2) is 4.99 Å². The zero-order chi connectivity index (χ0) is 20.9. The molecule has 0 aromatic carbocycles. The molecule has 2 rings (SSSR count). The van der Waals surface area contributed by atoms with E-state index in [4.69, 9.17) is 5.73 Å². The Hall–Kier alpha value is -2.13. The fourth-order valence-electron chi connectivity index (χ4n) is 3.43. The van der Waals surface area contributed by atoms with Crippen molar-refractivity contribution in [3.05, 3.63) is 24.3 Å². The summed E-state index contributed by atoms with van der Waals surface area (Å²) < 4.78 is 1.88. The first-order chi connectivity index (χ1) is 14.0. The molecule has 9 heteroatoms. The number of nitrogens with one attached hydrogen (secondary N) is 3. The lowest BCUT2D eigenvalue weighted by Gasteiger charge is -2.22. The van der Waals surface area contributed by atoms with Crippen molar-refractivity contribution < 1.29 is 0 Å². The summed E-state index contributed by atoms with van der Waals surface area (Å²) in [4.78, 5) is 6.32. The van der Waals surface area contributed by atoms with E-state index in [0.717, 1.165) is 44.3 Å². The number of aromatic nitrogens is 3. The van der Waals surface area contributed by atoms with Gasteiger partial charge in [-0.05, 0) is 45.3 Å². The van der Waals surface area contributed by atoms with Crippen LogP contribution in [0, 0.1) is 0 Å². The van der Waals surface area contributed by atoms with Gasteiger partial charge in [0.05, 0.1) is 18.6 Å². The topological polar surface area (TPSA) is 108 Å². The second-order valence-corrected chi connectivity index (χ2v) is 7.90. The lowest BCUT2D eigenvalue weighted by atomic mass is 9.95. The molecule has 9 nitrogen and oxygen atoms in total. The van der Waals surface area contributed by atoms with Gasteiger partial charge >= 0.3 is 0 Å². The van der Waals surface area contributed by atoms with Crippen molar-refractivity contribution in [2.45, 2.75) is 64.1 Å². The van der Waals surface area contributed by atoms with Crippen molar-refractivity contribution >= 4 is 5.96 Å². The summed E-state index contributed by atoms with van der Waals surface area (Å²) in [6.07, 6.45) is 11.1. The van der Waals surface area contributed by atoms with Gasteiger partial charge in [-0.15, -0.1) is 5.10 Å². The first-order valence-electron chi connectivity index (χ1n) is 10.8. The van der Waals surface area contributed by atoms with Gasteiger partial charge in [0.1, 0.15) is 5.69 Å². The summed E-state index contributed by atoms with van der Waals surface area (Å²) in [6.45, 7) is 8.10. The van der Waals surface area contributed by atoms with Crippen LogP contribution in [0.1, 0.15) is 50.6 Å². The fourth-order valence-corrected chi connectivity index (χ4v) is 3.43. The van der Waals surface area contributed by atoms with Gasteiger partial charge in [0, 0.05) is 26.7 Å². The Balaban J connectivity index is 1.55. The lowest BCUT2D eigenvalue weighted by Crippen LogP contribution is -2.37. The number of aryl methyl sites for hydroxylation is 1. The number of guanidine groups is 1. The van der Waals surface area contributed by atoms with E-state index in [9.17, 15) is 0 Å². The molecule has 164 valence electrons. The summed E-state index contributed by atoms with van der Waals surface area (Å²) in [7, 11) is 3.79. The number of rotatable bonds is 12. The molecule has 1 heterocycles. The van der Waals surface area contributed by atoms with Gasteiger partial charge in [0.2, 0.25) is 0 Å². The van der Waals surface area contributed by atoms with E-state index in [0.29, 0.717) is 18.3 Å². The molecule has 5 N–H and O–H groups in total. The first-order valence-corrected chi connectivity index (χ1v) is 10.8. The summed E-state index contributed by atoms with van der Waals surface area (Å²) >= 11 is 0. The minimum atomic E-state index is 0.360. The highest BCUT2D eigenvalue weighted by Gasteiger charge is 2.11. The molecule has 0 amide bonds. The molecule has 1 aromatic heterocycles. The zero-order valence-electron chi connectivity index (χ0n) is 18.2. The molecule has 1 aromatic rings. The molecule has 1 aliphatic carbocycles. The van der Waals surface area contributed by atoms with E-state index < -0.39 is 0 Å². The van der Waals surface area contributed by atoms with E-state index >= 15 is 0 Å².